The Morgan fingerprint density at radius 3 is 2.88 bits per heavy atom. The molecule has 1 amide bonds. The van der Waals surface area contributed by atoms with Crippen LogP contribution in [0.5, 0.6) is 0 Å². The third kappa shape index (κ3) is 5.04. The summed E-state index contributed by atoms with van der Waals surface area (Å²) in [6, 6.07) is 7.56. The van der Waals surface area contributed by atoms with Crippen LogP contribution in [0, 0.1) is 5.82 Å². The number of carbonyl (C=O) groups excluding carboxylic acids is 2. The van der Waals surface area contributed by atoms with E-state index in [0.29, 0.717) is 15.1 Å². The van der Waals surface area contributed by atoms with E-state index in [4.69, 9.17) is 4.74 Å². The number of amides is 1. The van der Waals surface area contributed by atoms with Crippen LogP contribution in [0.4, 0.5) is 10.1 Å². The van der Waals surface area contributed by atoms with Gasteiger partial charge in [-0.2, -0.15) is 0 Å². The Labute approximate surface area is 151 Å². The Balaban J connectivity index is 2.00. The van der Waals surface area contributed by atoms with E-state index < -0.39 is 17.7 Å². The van der Waals surface area contributed by atoms with Crippen molar-refractivity contribution in [3.63, 3.8) is 0 Å². The van der Waals surface area contributed by atoms with Crippen molar-refractivity contribution < 1.29 is 18.7 Å². The van der Waals surface area contributed by atoms with Crippen LogP contribution in [0.1, 0.15) is 17.3 Å². The second kappa shape index (κ2) is 8.79. The Morgan fingerprint density at radius 2 is 2.17 bits per heavy atom. The molecule has 1 aromatic heterocycles. The fraction of sp³-hybridized carbons (Fsp3) is 0.188. The number of nitrogens with one attached hydrogen (secondary N) is 1. The van der Waals surface area contributed by atoms with Gasteiger partial charge in [0.05, 0.1) is 23.6 Å². The standard InChI is InChI=1S/C16H14BrFN2O3S/c1-2-23-16(22)11-4-3-7-19-15(11)24-9-14(21)20-13-6-5-10(17)8-12(13)18/h3-8H,2,9H2,1H3,(H,20,21). The molecule has 2 rings (SSSR count). The number of anilines is 1. The molecular formula is C16H14BrFN2O3S. The number of esters is 1. The number of carbonyl (C=O) groups is 2. The first-order chi connectivity index (χ1) is 11.5. The Hall–Kier alpha value is -1.93. The first kappa shape index (κ1) is 18.4. The summed E-state index contributed by atoms with van der Waals surface area (Å²) < 4.78 is 19.2. The molecule has 2 aromatic rings. The van der Waals surface area contributed by atoms with Gasteiger partial charge in [-0.05, 0) is 37.3 Å². The first-order valence-electron chi connectivity index (χ1n) is 7.01. The molecule has 5 nitrogen and oxygen atoms in total. The molecule has 1 aromatic carbocycles. The van der Waals surface area contributed by atoms with Crippen LogP contribution >= 0.6 is 27.7 Å². The quantitative estimate of drug-likeness (QED) is 0.575. The number of ether oxygens (including phenoxy) is 1. The van der Waals surface area contributed by atoms with Crippen LogP contribution in [-0.2, 0) is 9.53 Å². The lowest BCUT2D eigenvalue weighted by atomic mass is 10.3. The number of hydrogen-bond acceptors (Lipinski definition) is 5. The van der Waals surface area contributed by atoms with Crippen molar-refractivity contribution in [2.75, 3.05) is 17.7 Å². The summed E-state index contributed by atoms with van der Waals surface area (Å²) in [5, 5.41) is 2.87. The molecule has 0 unspecified atom stereocenters. The zero-order chi connectivity index (χ0) is 17.5. The van der Waals surface area contributed by atoms with Crippen molar-refractivity contribution >= 4 is 45.3 Å². The van der Waals surface area contributed by atoms with Crippen LogP contribution in [0.15, 0.2) is 46.0 Å². The Bertz CT molecular complexity index is 758. The molecule has 0 saturated carbocycles. The molecule has 0 fully saturated rings. The highest BCUT2D eigenvalue weighted by Gasteiger charge is 2.15. The number of nitrogens with zero attached hydrogens (tertiary/aromatic N) is 1. The van der Waals surface area contributed by atoms with E-state index in [0.717, 1.165) is 11.8 Å². The molecule has 0 bridgehead atoms. The largest absolute Gasteiger partial charge is 0.462 e. The van der Waals surface area contributed by atoms with Crippen LogP contribution in [-0.4, -0.2) is 29.2 Å². The van der Waals surface area contributed by atoms with E-state index in [-0.39, 0.29) is 18.0 Å². The smallest absolute Gasteiger partial charge is 0.340 e. The number of rotatable bonds is 6. The molecule has 1 N–H and O–H groups in total. The number of aromatic nitrogens is 1. The number of hydrogen-bond donors (Lipinski definition) is 1. The van der Waals surface area contributed by atoms with Crippen LogP contribution in [0.2, 0.25) is 0 Å². The van der Waals surface area contributed by atoms with Crippen molar-refractivity contribution in [3.8, 4) is 0 Å². The topological polar surface area (TPSA) is 68.3 Å². The molecule has 0 atom stereocenters. The molecule has 126 valence electrons. The Morgan fingerprint density at radius 1 is 1.38 bits per heavy atom. The average Bonchev–Trinajstić information content (AvgIpc) is 2.56. The molecule has 8 heteroatoms. The summed E-state index contributed by atoms with van der Waals surface area (Å²) in [5.74, 6) is -1.44. The van der Waals surface area contributed by atoms with Crippen molar-refractivity contribution in [2.45, 2.75) is 11.9 Å². The molecular weight excluding hydrogens is 399 g/mol. The minimum atomic E-state index is -0.534. The fourth-order valence-corrected chi connectivity index (χ4v) is 2.90. The summed E-state index contributed by atoms with van der Waals surface area (Å²) in [5.41, 5.74) is 0.391. The van der Waals surface area contributed by atoms with E-state index in [1.807, 2.05) is 0 Å². The van der Waals surface area contributed by atoms with Gasteiger partial charge in [-0.15, -0.1) is 0 Å². The number of halogens is 2. The normalized spacial score (nSPS) is 10.3. The summed E-state index contributed by atoms with van der Waals surface area (Å²) >= 11 is 4.23. The SMILES string of the molecule is CCOC(=O)c1cccnc1SCC(=O)Nc1ccc(Br)cc1F. The maximum Gasteiger partial charge on any atom is 0.340 e. The molecule has 0 aliphatic heterocycles. The minimum Gasteiger partial charge on any atom is -0.462 e. The second-order valence-electron chi connectivity index (χ2n) is 4.54. The molecule has 0 aliphatic carbocycles. The highest BCUT2D eigenvalue weighted by atomic mass is 79.9. The maximum absolute atomic E-state index is 13.7. The molecule has 1 heterocycles. The second-order valence-corrected chi connectivity index (χ2v) is 6.42. The zero-order valence-electron chi connectivity index (χ0n) is 12.7. The van der Waals surface area contributed by atoms with E-state index in [1.165, 1.54) is 18.3 Å². The van der Waals surface area contributed by atoms with Gasteiger partial charge >= 0.3 is 5.97 Å². The lowest BCUT2D eigenvalue weighted by Crippen LogP contribution is -2.16. The van der Waals surface area contributed by atoms with E-state index in [9.17, 15) is 14.0 Å². The van der Waals surface area contributed by atoms with Gasteiger partial charge < -0.3 is 10.1 Å². The van der Waals surface area contributed by atoms with Gasteiger partial charge in [-0.25, -0.2) is 14.2 Å². The van der Waals surface area contributed by atoms with Crippen LogP contribution in [0.3, 0.4) is 0 Å². The van der Waals surface area contributed by atoms with Gasteiger partial charge in [-0.3, -0.25) is 4.79 Å². The van der Waals surface area contributed by atoms with E-state index >= 15 is 0 Å². The van der Waals surface area contributed by atoms with Crippen molar-refractivity contribution in [3.05, 3.63) is 52.4 Å². The van der Waals surface area contributed by atoms with Gasteiger partial charge in [0, 0.05) is 10.7 Å². The van der Waals surface area contributed by atoms with Crippen LogP contribution in [0.25, 0.3) is 0 Å². The predicted octanol–water partition coefficient (Wildman–Crippen LogP) is 3.89. The summed E-state index contributed by atoms with van der Waals surface area (Å²) in [6.45, 7) is 1.96. The predicted molar refractivity (Wildman–Crippen MR) is 93.6 cm³/mol. The van der Waals surface area contributed by atoms with Gasteiger partial charge in [-0.1, -0.05) is 27.7 Å². The molecule has 0 saturated heterocycles. The summed E-state index contributed by atoms with van der Waals surface area (Å²) in [7, 11) is 0. The average molecular weight is 413 g/mol. The van der Waals surface area contributed by atoms with Crippen molar-refractivity contribution in [1.82, 2.24) is 4.98 Å². The highest BCUT2D eigenvalue weighted by molar-refractivity contribution is 9.10. The first-order valence-corrected chi connectivity index (χ1v) is 8.79. The van der Waals surface area contributed by atoms with Gasteiger partial charge in [0.15, 0.2) is 0 Å². The number of benzene rings is 1. The Kier molecular flexibility index (Phi) is 6.74. The van der Waals surface area contributed by atoms with E-state index in [1.54, 1.807) is 25.1 Å². The third-order valence-electron chi connectivity index (χ3n) is 2.81. The summed E-state index contributed by atoms with van der Waals surface area (Å²) in [4.78, 5) is 27.9. The monoisotopic (exact) mass is 412 g/mol. The fourth-order valence-electron chi connectivity index (χ4n) is 1.78. The van der Waals surface area contributed by atoms with E-state index in [2.05, 4.69) is 26.2 Å². The van der Waals surface area contributed by atoms with Crippen molar-refractivity contribution in [1.29, 1.82) is 0 Å². The minimum absolute atomic E-state index is 0.0150. The van der Waals surface area contributed by atoms with Crippen LogP contribution < -0.4 is 5.32 Å². The zero-order valence-corrected chi connectivity index (χ0v) is 15.1. The maximum atomic E-state index is 13.7. The number of pyridine rings is 1. The van der Waals surface area contributed by atoms with Gasteiger partial charge in [0.1, 0.15) is 10.8 Å². The van der Waals surface area contributed by atoms with Gasteiger partial charge in [0.2, 0.25) is 5.91 Å². The van der Waals surface area contributed by atoms with Gasteiger partial charge in [0.25, 0.3) is 0 Å². The molecule has 0 spiro atoms. The van der Waals surface area contributed by atoms with Crippen molar-refractivity contribution in [2.24, 2.45) is 0 Å². The lowest BCUT2D eigenvalue weighted by molar-refractivity contribution is -0.113. The molecule has 0 aliphatic rings. The molecule has 24 heavy (non-hydrogen) atoms. The third-order valence-corrected chi connectivity index (χ3v) is 4.31. The number of thioether (sulfide) groups is 1. The molecule has 0 radical (unpaired) electrons. The highest BCUT2D eigenvalue weighted by Crippen LogP contribution is 2.22. The lowest BCUT2D eigenvalue weighted by Gasteiger charge is -2.08. The summed E-state index contributed by atoms with van der Waals surface area (Å²) in [6.07, 6.45) is 1.53.